The third-order valence-electron chi connectivity index (χ3n) is 3.01. The molecular weight excluding hydrogens is 254 g/mol. The van der Waals surface area contributed by atoms with Crippen molar-refractivity contribution in [2.24, 2.45) is 5.73 Å². The Morgan fingerprint density at radius 3 is 2.85 bits per heavy atom. The topological polar surface area (TPSA) is 85.8 Å². The molecule has 1 atom stereocenters. The molecule has 0 unspecified atom stereocenters. The maximum Gasteiger partial charge on any atom is 0.237 e. The number of nitrogens with zero attached hydrogens (tertiary/aromatic N) is 3. The monoisotopic (exact) mass is 273 g/mol. The van der Waals surface area contributed by atoms with Crippen LogP contribution in [0.4, 0.5) is 0 Å². The van der Waals surface area contributed by atoms with Crippen LogP contribution < -0.4 is 11.1 Å². The number of carbonyl (C=O) groups excluding carboxylic acids is 1. The average molecular weight is 273 g/mol. The van der Waals surface area contributed by atoms with Gasteiger partial charge in [-0.2, -0.15) is 0 Å². The van der Waals surface area contributed by atoms with Crippen molar-refractivity contribution in [3.05, 3.63) is 48.0 Å². The zero-order chi connectivity index (χ0) is 14.4. The molecule has 2 rings (SSSR count). The predicted octanol–water partition coefficient (Wildman–Crippen LogP) is 0.484. The summed E-state index contributed by atoms with van der Waals surface area (Å²) in [5.74, 6) is 0.539. The highest BCUT2D eigenvalue weighted by atomic mass is 16.2. The van der Waals surface area contributed by atoms with Gasteiger partial charge in [-0.1, -0.05) is 30.3 Å². The van der Waals surface area contributed by atoms with Crippen molar-refractivity contribution < 1.29 is 4.79 Å². The summed E-state index contributed by atoms with van der Waals surface area (Å²) in [4.78, 5) is 11.4. The van der Waals surface area contributed by atoms with E-state index in [0.717, 1.165) is 18.8 Å². The number of carbonyl (C=O) groups is 1. The second kappa shape index (κ2) is 6.81. The van der Waals surface area contributed by atoms with Crippen LogP contribution in [0.5, 0.6) is 0 Å². The number of aromatic nitrogens is 3. The second-order valence-corrected chi connectivity index (χ2v) is 4.68. The summed E-state index contributed by atoms with van der Waals surface area (Å²) in [6, 6.07) is 9.69. The van der Waals surface area contributed by atoms with E-state index in [4.69, 9.17) is 5.73 Å². The van der Waals surface area contributed by atoms with Crippen molar-refractivity contribution in [2.75, 3.05) is 0 Å². The number of nitrogens with one attached hydrogen (secondary N) is 1. The normalized spacial score (nSPS) is 12.1. The molecular formula is C14H19N5O. The van der Waals surface area contributed by atoms with Crippen LogP contribution in [0.1, 0.15) is 18.3 Å². The molecule has 0 aliphatic rings. The van der Waals surface area contributed by atoms with Gasteiger partial charge in [-0.3, -0.25) is 4.79 Å². The fraction of sp³-hybridized carbons (Fsp3) is 0.357. The van der Waals surface area contributed by atoms with E-state index in [9.17, 15) is 4.79 Å². The number of hydrogen-bond donors (Lipinski definition) is 2. The highest BCUT2D eigenvalue weighted by Crippen LogP contribution is 2.03. The average Bonchev–Trinajstić information content (AvgIpc) is 2.91. The van der Waals surface area contributed by atoms with Crippen molar-refractivity contribution >= 4 is 5.91 Å². The smallest absolute Gasteiger partial charge is 0.237 e. The van der Waals surface area contributed by atoms with Gasteiger partial charge in [0.2, 0.25) is 5.91 Å². The van der Waals surface area contributed by atoms with Gasteiger partial charge in [0.25, 0.3) is 0 Å². The van der Waals surface area contributed by atoms with Gasteiger partial charge in [-0.15, -0.1) is 10.2 Å². The molecule has 1 aromatic heterocycles. The molecule has 0 aliphatic heterocycles. The summed E-state index contributed by atoms with van der Waals surface area (Å²) in [5, 5.41) is 10.6. The minimum absolute atomic E-state index is 0.192. The number of benzene rings is 1. The number of rotatable bonds is 6. The van der Waals surface area contributed by atoms with Crippen LogP contribution in [0.15, 0.2) is 36.7 Å². The van der Waals surface area contributed by atoms with Gasteiger partial charge in [0.1, 0.15) is 6.33 Å². The van der Waals surface area contributed by atoms with E-state index in [1.807, 2.05) is 22.8 Å². The Labute approximate surface area is 118 Å². The van der Waals surface area contributed by atoms with Crippen molar-refractivity contribution in [2.45, 2.75) is 32.5 Å². The maximum absolute atomic E-state index is 11.4. The van der Waals surface area contributed by atoms with Crippen molar-refractivity contribution in [3.8, 4) is 0 Å². The van der Waals surface area contributed by atoms with Gasteiger partial charge < -0.3 is 15.6 Å². The Hall–Kier alpha value is -2.21. The highest BCUT2D eigenvalue weighted by molar-refractivity contribution is 5.80. The largest absolute Gasteiger partial charge is 0.347 e. The van der Waals surface area contributed by atoms with Crippen molar-refractivity contribution in [1.82, 2.24) is 20.1 Å². The second-order valence-electron chi connectivity index (χ2n) is 4.68. The van der Waals surface area contributed by atoms with Crippen molar-refractivity contribution in [1.29, 1.82) is 0 Å². The van der Waals surface area contributed by atoms with E-state index in [1.165, 1.54) is 5.56 Å². The van der Waals surface area contributed by atoms with Gasteiger partial charge >= 0.3 is 0 Å². The minimum atomic E-state index is -0.518. The molecule has 0 fully saturated rings. The van der Waals surface area contributed by atoms with Gasteiger partial charge in [0.15, 0.2) is 5.82 Å². The zero-order valence-corrected chi connectivity index (χ0v) is 11.5. The Morgan fingerprint density at radius 2 is 2.15 bits per heavy atom. The first-order chi connectivity index (χ1) is 9.66. The Kier molecular flexibility index (Phi) is 4.84. The Morgan fingerprint density at radius 1 is 1.40 bits per heavy atom. The molecule has 20 heavy (non-hydrogen) atoms. The van der Waals surface area contributed by atoms with Gasteiger partial charge in [0.05, 0.1) is 12.6 Å². The summed E-state index contributed by atoms with van der Waals surface area (Å²) < 4.78 is 1.94. The third-order valence-corrected chi connectivity index (χ3v) is 3.01. The third kappa shape index (κ3) is 3.89. The highest BCUT2D eigenvalue weighted by Gasteiger charge is 2.09. The molecule has 6 heteroatoms. The van der Waals surface area contributed by atoms with Crippen LogP contribution in [-0.2, 0) is 24.3 Å². The molecule has 1 heterocycles. The van der Waals surface area contributed by atoms with Crippen LogP contribution in [0.3, 0.4) is 0 Å². The number of aryl methyl sites for hydroxylation is 2. The predicted molar refractivity (Wildman–Crippen MR) is 75.7 cm³/mol. The Bertz CT molecular complexity index is 550. The lowest BCUT2D eigenvalue weighted by Crippen LogP contribution is -2.38. The summed E-state index contributed by atoms with van der Waals surface area (Å²) in [7, 11) is 0. The zero-order valence-electron chi connectivity index (χ0n) is 11.5. The summed E-state index contributed by atoms with van der Waals surface area (Å²) >= 11 is 0. The lowest BCUT2D eigenvalue weighted by atomic mass is 10.1. The van der Waals surface area contributed by atoms with E-state index in [2.05, 4.69) is 27.6 Å². The first-order valence-electron chi connectivity index (χ1n) is 6.60. The molecule has 0 bridgehead atoms. The first-order valence-corrected chi connectivity index (χ1v) is 6.60. The minimum Gasteiger partial charge on any atom is -0.347 e. The summed E-state index contributed by atoms with van der Waals surface area (Å²) in [6.07, 6.45) is 2.57. The van der Waals surface area contributed by atoms with Gasteiger partial charge in [-0.05, 0) is 18.9 Å². The molecule has 0 saturated carbocycles. The molecule has 3 N–H and O–H groups in total. The molecule has 0 saturated heterocycles. The lowest BCUT2D eigenvalue weighted by Gasteiger charge is -2.09. The number of amides is 1. The van der Waals surface area contributed by atoms with Crippen LogP contribution >= 0.6 is 0 Å². The van der Waals surface area contributed by atoms with E-state index < -0.39 is 6.04 Å². The van der Waals surface area contributed by atoms with Crippen molar-refractivity contribution in [3.63, 3.8) is 0 Å². The maximum atomic E-state index is 11.4. The van der Waals surface area contributed by atoms with Crippen LogP contribution in [-0.4, -0.2) is 26.7 Å². The quantitative estimate of drug-likeness (QED) is 0.801. The van der Waals surface area contributed by atoms with Crippen LogP contribution in [0, 0.1) is 0 Å². The van der Waals surface area contributed by atoms with Crippen LogP contribution in [0.2, 0.25) is 0 Å². The summed E-state index contributed by atoms with van der Waals surface area (Å²) in [6.45, 7) is 2.77. The molecule has 0 spiro atoms. The van der Waals surface area contributed by atoms with E-state index in [0.29, 0.717) is 6.54 Å². The fourth-order valence-electron chi connectivity index (χ4n) is 1.82. The number of hydrogen-bond acceptors (Lipinski definition) is 4. The first kappa shape index (κ1) is 14.2. The van der Waals surface area contributed by atoms with Crippen LogP contribution in [0.25, 0.3) is 0 Å². The molecule has 1 aromatic carbocycles. The molecule has 0 aliphatic carbocycles. The summed E-state index contributed by atoms with van der Waals surface area (Å²) in [5.41, 5.74) is 6.75. The molecule has 0 radical (unpaired) electrons. The molecule has 106 valence electrons. The number of nitrogens with two attached hydrogens (primary N) is 1. The molecule has 2 aromatic rings. The standard InChI is InChI=1S/C14H19N5O/c1-11(15)14(20)16-9-13-18-17-10-19(13)8-7-12-5-3-2-4-6-12/h2-6,10-11H,7-9,15H2,1H3,(H,16,20)/t11-/m1/s1. The van der Waals surface area contributed by atoms with E-state index >= 15 is 0 Å². The van der Waals surface area contributed by atoms with Gasteiger partial charge in [0, 0.05) is 6.54 Å². The fourth-order valence-corrected chi connectivity index (χ4v) is 1.82. The van der Waals surface area contributed by atoms with E-state index in [-0.39, 0.29) is 5.91 Å². The SMILES string of the molecule is C[C@@H](N)C(=O)NCc1nncn1CCc1ccccc1. The Balaban J connectivity index is 1.90. The lowest BCUT2D eigenvalue weighted by molar-refractivity contribution is -0.122. The van der Waals surface area contributed by atoms with Gasteiger partial charge in [-0.25, -0.2) is 0 Å². The molecule has 1 amide bonds. The molecule has 6 nitrogen and oxygen atoms in total. The van der Waals surface area contributed by atoms with E-state index in [1.54, 1.807) is 13.3 Å².